The Kier molecular flexibility index (Phi) is 14.3. The van der Waals surface area contributed by atoms with E-state index in [9.17, 15) is 0 Å². The van der Waals surface area contributed by atoms with Crippen molar-refractivity contribution >= 4 is 9.52 Å². The molecular formula is C18H38O3Si. The molecule has 1 atom stereocenters. The van der Waals surface area contributed by atoms with Crippen LogP contribution < -0.4 is 0 Å². The molecule has 1 unspecified atom stereocenters. The van der Waals surface area contributed by atoms with Crippen LogP contribution in [-0.4, -0.2) is 40.9 Å². The van der Waals surface area contributed by atoms with Crippen LogP contribution >= 0.6 is 0 Å². The molecule has 0 aliphatic rings. The van der Waals surface area contributed by atoms with Crippen molar-refractivity contribution in [1.29, 1.82) is 0 Å². The Morgan fingerprint density at radius 1 is 0.909 bits per heavy atom. The number of hydrogen-bond donors (Lipinski definition) is 0. The van der Waals surface area contributed by atoms with E-state index < -0.39 is 14.9 Å². The minimum atomic E-state index is -0.725. The van der Waals surface area contributed by atoms with Gasteiger partial charge in [0.15, 0.2) is 5.41 Å². The zero-order valence-corrected chi connectivity index (χ0v) is 16.8. The van der Waals surface area contributed by atoms with Gasteiger partial charge >= 0.3 is 0 Å². The molecule has 0 aromatic carbocycles. The molecule has 0 saturated carbocycles. The number of hydrogen-bond acceptors (Lipinski definition) is 3. The zero-order valence-electron chi connectivity index (χ0n) is 15.4. The second kappa shape index (κ2) is 14.4. The summed E-state index contributed by atoms with van der Waals surface area (Å²) in [7, 11) is -0.725. The van der Waals surface area contributed by atoms with Crippen molar-refractivity contribution in [3.63, 3.8) is 0 Å². The van der Waals surface area contributed by atoms with Crippen LogP contribution in [0.4, 0.5) is 0 Å². The molecule has 4 heteroatoms. The highest BCUT2D eigenvalue weighted by Crippen LogP contribution is 2.25. The molecule has 0 radical (unpaired) electrons. The lowest BCUT2D eigenvalue weighted by atomic mass is 10.2. The molecule has 0 aromatic rings. The molecule has 22 heavy (non-hydrogen) atoms. The first-order valence-corrected chi connectivity index (χ1v) is 10.7. The second-order valence-electron chi connectivity index (χ2n) is 5.83. The normalized spacial score (nSPS) is 13.8. The molecule has 0 saturated heterocycles. The summed E-state index contributed by atoms with van der Waals surface area (Å²) in [5.41, 5.74) is 1.50. The fourth-order valence-corrected chi connectivity index (χ4v) is 3.98. The monoisotopic (exact) mass is 330 g/mol. The number of ether oxygens (including phenoxy) is 3. The van der Waals surface area contributed by atoms with E-state index in [2.05, 4.69) is 34.3 Å². The van der Waals surface area contributed by atoms with E-state index >= 15 is 0 Å². The average molecular weight is 331 g/mol. The Hall–Kier alpha value is -0.163. The maximum Gasteiger partial charge on any atom is 0.174 e. The van der Waals surface area contributed by atoms with Crippen LogP contribution in [0.15, 0.2) is 12.3 Å². The van der Waals surface area contributed by atoms with Gasteiger partial charge in [-0.1, -0.05) is 47.0 Å². The predicted molar refractivity (Wildman–Crippen MR) is 98.1 cm³/mol. The largest absolute Gasteiger partial charge is 0.373 e. The topological polar surface area (TPSA) is 27.7 Å². The van der Waals surface area contributed by atoms with E-state index in [0.29, 0.717) is 0 Å². The van der Waals surface area contributed by atoms with E-state index in [4.69, 9.17) is 14.2 Å². The highest BCUT2D eigenvalue weighted by atomic mass is 28.2. The number of rotatable bonds is 16. The predicted octanol–water partition coefficient (Wildman–Crippen LogP) is 4.18. The van der Waals surface area contributed by atoms with Gasteiger partial charge in [-0.25, -0.2) is 0 Å². The standard InChI is InChI=1S/C18H38O3Si/c1-6-11-14-19-17(9-4)18(22-10-5,20-15-12-7-2)21-16-13-8-3/h10,17H,5-9,11-16,22H2,1-4H3. The highest BCUT2D eigenvalue weighted by molar-refractivity contribution is 6.45. The highest BCUT2D eigenvalue weighted by Gasteiger charge is 2.40. The van der Waals surface area contributed by atoms with Gasteiger partial charge in [-0.05, 0) is 25.7 Å². The lowest BCUT2D eigenvalue weighted by Gasteiger charge is -2.39. The maximum absolute atomic E-state index is 6.28. The van der Waals surface area contributed by atoms with Gasteiger partial charge in [-0.2, -0.15) is 0 Å². The smallest absolute Gasteiger partial charge is 0.174 e. The van der Waals surface area contributed by atoms with Gasteiger partial charge in [0, 0.05) is 19.8 Å². The van der Waals surface area contributed by atoms with Crippen molar-refractivity contribution < 1.29 is 14.2 Å². The van der Waals surface area contributed by atoms with Crippen molar-refractivity contribution in [3.05, 3.63) is 12.3 Å². The first-order valence-electron chi connectivity index (χ1n) is 9.21. The Balaban J connectivity index is 4.93. The lowest BCUT2D eigenvalue weighted by molar-refractivity contribution is -0.243. The van der Waals surface area contributed by atoms with E-state index in [1.165, 1.54) is 0 Å². The molecule has 0 aliphatic heterocycles. The summed E-state index contributed by atoms with van der Waals surface area (Å²) in [5.74, 6) is 0. The van der Waals surface area contributed by atoms with Crippen molar-refractivity contribution in [2.24, 2.45) is 0 Å². The Labute approximate surface area is 140 Å². The Bertz CT molecular complexity index is 249. The molecule has 0 spiro atoms. The van der Waals surface area contributed by atoms with Crippen LogP contribution in [-0.2, 0) is 14.2 Å². The quantitative estimate of drug-likeness (QED) is 0.241. The van der Waals surface area contributed by atoms with E-state index in [1.807, 2.05) is 5.70 Å². The Morgan fingerprint density at radius 2 is 1.41 bits per heavy atom. The second-order valence-corrected chi connectivity index (χ2v) is 7.80. The third-order valence-corrected chi connectivity index (χ3v) is 5.52. The van der Waals surface area contributed by atoms with Crippen LogP contribution in [0.1, 0.15) is 72.6 Å². The van der Waals surface area contributed by atoms with Crippen molar-refractivity contribution in [3.8, 4) is 0 Å². The fourth-order valence-electron chi connectivity index (χ4n) is 2.38. The van der Waals surface area contributed by atoms with E-state index in [0.717, 1.165) is 64.8 Å². The van der Waals surface area contributed by atoms with Crippen LogP contribution in [0.3, 0.4) is 0 Å². The first kappa shape index (κ1) is 21.8. The van der Waals surface area contributed by atoms with Crippen LogP contribution in [0.25, 0.3) is 0 Å². The molecule has 132 valence electrons. The van der Waals surface area contributed by atoms with Gasteiger partial charge in [-0.3, -0.25) is 0 Å². The minimum absolute atomic E-state index is 0.0254. The SMILES string of the molecule is C=C[SiH2]C(OCCCC)(OCCCC)C(CC)OCCCC. The summed E-state index contributed by atoms with van der Waals surface area (Å²) in [6.07, 6.45) is 7.58. The maximum atomic E-state index is 6.28. The fraction of sp³-hybridized carbons (Fsp3) is 0.889. The van der Waals surface area contributed by atoms with Gasteiger partial charge in [0.2, 0.25) is 0 Å². The van der Waals surface area contributed by atoms with Crippen molar-refractivity contribution in [2.45, 2.75) is 84.2 Å². The molecule has 0 aliphatic carbocycles. The van der Waals surface area contributed by atoms with Crippen molar-refractivity contribution in [2.75, 3.05) is 19.8 Å². The van der Waals surface area contributed by atoms with Crippen molar-refractivity contribution in [1.82, 2.24) is 0 Å². The third kappa shape index (κ3) is 8.46. The van der Waals surface area contributed by atoms with E-state index in [-0.39, 0.29) is 6.10 Å². The summed E-state index contributed by atoms with van der Waals surface area (Å²) in [6, 6.07) is 0. The van der Waals surface area contributed by atoms with Gasteiger partial charge < -0.3 is 14.2 Å². The number of unbranched alkanes of at least 4 members (excludes halogenated alkanes) is 3. The lowest BCUT2D eigenvalue weighted by Crippen LogP contribution is -2.53. The molecule has 0 rings (SSSR count). The summed E-state index contributed by atoms with van der Waals surface area (Å²) in [4.78, 5) is 0. The molecule has 3 nitrogen and oxygen atoms in total. The van der Waals surface area contributed by atoms with Crippen LogP contribution in [0, 0.1) is 0 Å². The molecule has 0 aromatic heterocycles. The Morgan fingerprint density at radius 3 is 1.82 bits per heavy atom. The third-order valence-electron chi connectivity index (χ3n) is 3.80. The molecule has 0 amide bonds. The minimum Gasteiger partial charge on any atom is -0.373 e. The zero-order chi connectivity index (χ0) is 16.7. The summed E-state index contributed by atoms with van der Waals surface area (Å²) in [5, 5.41) is 0. The molecule has 0 fully saturated rings. The summed E-state index contributed by atoms with van der Waals surface area (Å²) in [6.45, 7) is 15.0. The average Bonchev–Trinajstić information content (AvgIpc) is 2.52. The molecular weight excluding hydrogens is 292 g/mol. The van der Waals surface area contributed by atoms with Gasteiger partial charge in [0.05, 0.1) is 0 Å². The van der Waals surface area contributed by atoms with Gasteiger partial charge in [0.25, 0.3) is 0 Å². The molecule has 0 heterocycles. The van der Waals surface area contributed by atoms with Gasteiger partial charge in [0.1, 0.15) is 15.6 Å². The summed E-state index contributed by atoms with van der Waals surface area (Å²) >= 11 is 0. The van der Waals surface area contributed by atoms with Crippen LogP contribution in [0.2, 0.25) is 0 Å². The summed E-state index contributed by atoms with van der Waals surface area (Å²) < 4.78 is 18.7. The van der Waals surface area contributed by atoms with Crippen LogP contribution in [0.5, 0.6) is 0 Å². The first-order chi connectivity index (χ1) is 10.7. The molecule has 0 N–H and O–H groups in total. The van der Waals surface area contributed by atoms with E-state index in [1.54, 1.807) is 0 Å². The molecule has 0 bridgehead atoms. The van der Waals surface area contributed by atoms with Gasteiger partial charge in [-0.15, -0.1) is 12.3 Å².